The van der Waals surface area contributed by atoms with Crippen molar-refractivity contribution in [3.63, 3.8) is 0 Å². The number of hydrogen-bond donors (Lipinski definition) is 1. The fourth-order valence-electron chi connectivity index (χ4n) is 1.49. The highest BCUT2D eigenvalue weighted by Crippen LogP contribution is 2.11. The quantitative estimate of drug-likeness (QED) is 0.864. The lowest BCUT2D eigenvalue weighted by Gasteiger charge is -2.16. The summed E-state index contributed by atoms with van der Waals surface area (Å²) in [4.78, 5) is 2.22. The molecule has 0 aliphatic rings. The zero-order valence-corrected chi connectivity index (χ0v) is 11.9. The molecule has 0 saturated heterocycles. The Hall–Kier alpha value is -0.380. The zero-order chi connectivity index (χ0) is 12.0. The third kappa shape index (κ3) is 5.64. The molecule has 0 radical (unpaired) electrons. The SMILES string of the molecule is CC(CCN(C)C)NCc1cccc(Br)c1. The summed E-state index contributed by atoms with van der Waals surface area (Å²) in [6, 6.07) is 8.99. The molecule has 0 aliphatic heterocycles. The van der Waals surface area contributed by atoms with Gasteiger partial charge in [-0.05, 0) is 51.7 Å². The van der Waals surface area contributed by atoms with Crippen LogP contribution in [0.4, 0.5) is 0 Å². The summed E-state index contributed by atoms with van der Waals surface area (Å²) in [6.07, 6.45) is 1.18. The highest BCUT2D eigenvalue weighted by atomic mass is 79.9. The molecule has 1 atom stereocenters. The van der Waals surface area contributed by atoms with E-state index in [9.17, 15) is 0 Å². The lowest BCUT2D eigenvalue weighted by Crippen LogP contribution is -2.29. The standard InChI is InChI=1S/C13H21BrN2/c1-11(7-8-16(2)3)15-10-12-5-4-6-13(14)9-12/h4-6,9,11,15H,7-8,10H2,1-3H3. The molecule has 0 bridgehead atoms. The van der Waals surface area contributed by atoms with Crippen molar-refractivity contribution in [1.82, 2.24) is 10.2 Å². The Kier molecular flexibility index (Phi) is 6.03. The molecule has 1 unspecified atom stereocenters. The van der Waals surface area contributed by atoms with Crippen LogP contribution in [0.25, 0.3) is 0 Å². The van der Waals surface area contributed by atoms with Gasteiger partial charge in [0.25, 0.3) is 0 Å². The fraction of sp³-hybridized carbons (Fsp3) is 0.538. The predicted octanol–water partition coefficient (Wildman–Crippen LogP) is 2.88. The third-order valence-electron chi connectivity index (χ3n) is 2.55. The molecule has 1 aromatic carbocycles. The summed E-state index contributed by atoms with van der Waals surface area (Å²) in [5.74, 6) is 0. The molecule has 2 nitrogen and oxygen atoms in total. The first kappa shape index (κ1) is 13.7. The summed E-state index contributed by atoms with van der Waals surface area (Å²) in [5.41, 5.74) is 1.33. The maximum atomic E-state index is 3.53. The maximum Gasteiger partial charge on any atom is 0.0208 e. The third-order valence-corrected chi connectivity index (χ3v) is 3.05. The fourth-order valence-corrected chi connectivity index (χ4v) is 1.94. The number of hydrogen-bond acceptors (Lipinski definition) is 2. The Morgan fingerprint density at radius 3 is 2.75 bits per heavy atom. The van der Waals surface area contributed by atoms with Gasteiger partial charge in [0.2, 0.25) is 0 Å². The van der Waals surface area contributed by atoms with E-state index in [1.165, 1.54) is 12.0 Å². The van der Waals surface area contributed by atoms with Crippen LogP contribution in [0.1, 0.15) is 18.9 Å². The monoisotopic (exact) mass is 284 g/mol. The van der Waals surface area contributed by atoms with Gasteiger partial charge < -0.3 is 10.2 Å². The van der Waals surface area contributed by atoms with Crippen molar-refractivity contribution in [2.75, 3.05) is 20.6 Å². The van der Waals surface area contributed by atoms with E-state index in [0.717, 1.165) is 17.6 Å². The Balaban J connectivity index is 2.28. The van der Waals surface area contributed by atoms with Crippen molar-refractivity contribution in [3.05, 3.63) is 34.3 Å². The van der Waals surface area contributed by atoms with Crippen molar-refractivity contribution < 1.29 is 0 Å². The minimum absolute atomic E-state index is 0.557. The van der Waals surface area contributed by atoms with E-state index in [0.29, 0.717) is 6.04 Å². The molecule has 0 fully saturated rings. The first-order chi connectivity index (χ1) is 7.58. The van der Waals surface area contributed by atoms with Gasteiger partial charge >= 0.3 is 0 Å². The molecular formula is C13H21BrN2. The van der Waals surface area contributed by atoms with E-state index in [4.69, 9.17) is 0 Å². The van der Waals surface area contributed by atoms with E-state index in [1.807, 2.05) is 0 Å². The van der Waals surface area contributed by atoms with E-state index in [-0.39, 0.29) is 0 Å². The molecule has 0 spiro atoms. The Labute approximate surface area is 107 Å². The molecule has 0 saturated carbocycles. The second kappa shape index (κ2) is 7.05. The van der Waals surface area contributed by atoms with Gasteiger partial charge in [0.15, 0.2) is 0 Å². The zero-order valence-electron chi connectivity index (χ0n) is 10.3. The number of nitrogens with zero attached hydrogens (tertiary/aromatic N) is 1. The van der Waals surface area contributed by atoms with Crippen LogP contribution in [0, 0.1) is 0 Å². The molecule has 1 rings (SSSR count). The average Bonchev–Trinajstić information content (AvgIpc) is 2.23. The Morgan fingerprint density at radius 1 is 1.38 bits per heavy atom. The van der Waals surface area contributed by atoms with E-state index < -0.39 is 0 Å². The second-order valence-corrected chi connectivity index (χ2v) is 5.42. The van der Waals surface area contributed by atoms with Crippen molar-refractivity contribution >= 4 is 15.9 Å². The number of nitrogens with one attached hydrogen (secondary N) is 1. The van der Waals surface area contributed by atoms with Crippen LogP contribution in [-0.4, -0.2) is 31.6 Å². The highest BCUT2D eigenvalue weighted by Gasteiger charge is 2.02. The van der Waals surface area contributed by atoms with Gasteiger partial charge in [-0.2, -0.15) is 0 Å². The van der Waals surface area contributed by atoms with Gasteiger partial charge in [-0.15, -0.1) is 0 Å². The van der Waals surface area contributed by atoms with Crippen LogP contribution >= 0.6 is 15.9 Å². The molecule has 0 amide bonds. The lowest BCUT2D eigenvalue weighted by atomic mass is 10.2. The van der Waals surface area contributed by atoms with E-state index in [2.05, 4.69) is 71.4 Å². The van der Waals surface area contributed by atoms with Crippen LogP contribution < -0.4 is 5.32 Å². The first-order valence-corrected chi connectivity index (χ1v) is 6.50. The summed E-state index contributed by atoms with van der Waals surface area (Å²) in [5, 5.41) is 3.53. The maximum absolute atomic E-state index is 3.53. The minimum atomic E-state index is 0.557. The molecule has 0 heterocycles. The second-order valence-electron chi connectivity index (χ2n) is 4.50. The highest BCUT2D eigenvalue weighted by molar-refractivity contribution is 9.10. The van der Waals surface area contributed by atoms with Crippen molar-refractivity contribution in [1.29, 1.82) is 0 Å². The van der Waals surface area contributed by atoms with Crippen LogP contribution in [0.5, 0.6) is 0 Å². The van der Waals surface area contributed by atoms with E-state index in [1.54, 1.807) is 0 Å². The van der Waals surface area contributed by atoms with Gasteiger partial charge in [-0.1, -0.05) is 28.1 Å². The number of benzene rings is 1. The minimum Gasteiger partial charge on any atom is -0.310 e. The molecule has 1 N–H and O–H groups in total. The van der Waals surface area contributed by atoms with Crippen LogP contribution in [0.15, 0.2) is 28.7 Å². The van der Waals surface area contributed by atoms with Gasteiger partial charge in [0.1, 0.15) is 0 Å². The molecule has 16 heavy (non-hydrogen) atoms. The van der Waals surface area contributed by atoms with E-state index >= 15 is 0 Å². The molecule has 90 valence electrons. The number of rotatable bonds is 6. The Bertz CT molecular complexity index is 313. The van der Waals surface area contributed by atoms with Gasteiger partial charge in [0, 0.05) is 17.1 Å². The molecule has 1 aromatic rings. The summed E-state index contributed by atoms with van der Waals surface area (Å²) in [6.45, 7) is 4.31. The Morgan fingerprint density at radius 2 is 2.12 bits per heavy atom. The molecule has 3 heteroatoms. The van der Waals surface area contributed by atoms with Gasteiger partial charge in [-0.25, -0.2) is 0 Å². The smallest absolute Gasteiger partial charge is 0.0208 e. The largest absolute Gasteiger partial charge is 0.310 e. The summed E-state index contributed by atoms with van der Waals surface area (Å²) < 4.78 is 1.15. The van der Waals surface area contributed by atoms with Crippen LogP contribution in [0.2, 0.25) is 0 Å². The van der Waals surface area contributed by atoms with Crippen molar-refractivity contribution in [3.8, 4) is 0 Å². The topological polar surface area (TPSA) is 15.3 Å². The van der Waals surface area contributed by atoms with Gasteiger partial charge in [0.05, 0.1) is 0 Å². The van der Waals surface area contributed by atoms with Crippen molar-refractivity contribution in [2.24, 2.45) is 0 Å². The van der Waals surface area contributed by atoms with Crippen LogP contribution in [0.3, 0.4) is 0 Å². The lowest BCUT2D eigenvalue weighted by molar-refractivity contribution is 0.365. The van der Waals surface area contributed by atoms with Crippen LogP contribution in [-0.2, 0) is 6.54 Å². The molecular weight excluding hydrogens is 264 g/mol. The predicted molar refractivity (Wildman–Crippen MR) is 73.6 cm³/mol. The average molecular weight is 285 g/mol. The normalized spacial score (nSPS) is 13.1. The van der Waals surface area contributed by atoms with Gasteiger partial charge in [-0.3, -0.25) is 0 Å². The summed E-state index contributed by atoms with van der Waals surface area (Å²) in [7, 11) is 4.22. The van der Waals surface area contributed by atoms with Crippen molar-refractivity contribution in [2.45, 2.75) is 25.9 Å². The molecule has 0 aromatic heterocycles. The summed E-state index contributed by atoms with van der Waals surface area (Å²) >= 11 is 3.48. The molecule has 0 aliphatic carbocycles. The number of halogens is 1. The first-order valence-electron chi connectivity index (χ1n) is 5.70.